The highest BCUT2D eigenvalue weighted by molar-refractivity contribution is 5.95. The molecular formula is C14H16N4O. The molecule has 5 heteroatoms. The number of carbonyl (C=O) groups is 1. The van der Waals surface area contributed by atoms with Crippen molar-refractivity contribution in [3.63, 3.8) is 0 Å². The molecule has 1 saturated heterocycles. The molecule has 0 radical (unpaired) electrons. The first kappa shape index (κ1) is 12.0. The van der Waals surface area contributed by atoms with Crippen molar-refractivity contribution in [3.05, 3.63) is 35.7 Å². The Hall–Kier alpha value is -2.01. The second-order valence-electron chi connectivity index (χ2n) is 4.69. The van der Waals surface area contributed by atoms with Gasteiger partial charge in [0, 0.05) is 26.2 Å². The molecule has 0 bridgehead atoms. The summed E-state index contributed by atoms with van der Waals surface area (Å²) in [5.41, 5.74) is 2.77. The van der Waals surface area contributed by atoms with Crippen LogP contribution in [-0.4, -0.2) is 47.0 Å². The summed E-state index contributed by atoms with van der Waals surface area (Å²) >= 11 is 0. The van der Waals surface area contributed by atoms with E-state index in [1.165, 1.54) is 0 Å². The van der Waals surface area contributed by atoms with E-state index >= 15 is 0 Å². The highest BCUT2D eigenvalue weighted by Crippen LogP contribution is 2.14. The molecule has 2 heterocycles. The molecule has 0 atom stereocenters. The molecule has 0 spiro atoms. The molecular weight excluding hydrogens is 240 g/mol. The lowest BCUT2D eigenvalue weighted by atomic mass is 10.2. The molecule has 1 aromatic heterocycles. The molecule has 19 heavy (non-hydrogen) atoms. The minimum absolute atomic E-state index is 0.0164. The van der Waals surface area contributed by atoms with E-state index in [4.69, 9.17) is 0 Å². The monoisotopic (exact) mass is 256 g/mol. The van der Waals surface area contributed by atoms with E-state index in [2.05, 4.69) is 15.3 Å². The van der Waals surface area contributed by atoms with E-state index in [9.17, 15) is 4.79 Å². The normalized spacial score (nSPS) is 15.7. The SMILES string of the molecule is Cc1nc2ccccc2nc1C(=O)N1CCNCC1. The molecule has 1 N–H and O–H groups in total. The van der Waals surface area contributed by atoms with Crippen molar-refractivity contribution in [2.24, 2.45) is 0 Å². The van der Waals surface area contributed by atoms with E-state index in [0.717, 1.165) is 37.2 Å². The topological polar surface area (TPSA) is 58.1 Å². The van der Waals surface area contributed by atoms with Crippen LogP contribution < -0.4 is 5.32 Å². The number of aryl methyl sites for hydroxylation is 1. The van der Waals surface area contributed by atoms with Crippen molar-refractivity contribution in [2.75, 3.05) is 26.2 Å². The Morgan fingerprint density at radius 1 is 1.16 bits per heavy atom. The van der Waals surface area contributed by atoms with Crippen molar-refractivity contribution in [2.45, 2.75) is 6.92 Å². The summed E-state index contributed by atoms with van der Waals surface area (Å²) < 4.78 is 0. The van der Waals surface area contributed by atoms with Gasteiger partial charge in [-0.15, -0.1) is 0 Å². The Morgan fingerprint density at radius 3 is 2.47 bits per heavy atom. The molecule has 1 aliphatic rings. The fourth-order valence-electron chi connectivity index (χ4n) is 2.31. The summed E-state index contributed by atoms with van der Waals surface area (Å²) in [7, 11) is 0. The highest BCUT2D eigenvalue weighted by atomic mass is 16.2. The zero-order valence-corrected chi connectivity index (χ0v) is 10.9. The van der Waals surface area contributed by atoms with Gasteiger partial charge in [0.2, 0.25) is 0 Å². The number of aromatic nitrogens is 2. The zero-order chi connectivity index (χ0) is 13.2. The summed E-state index contributed by atoms with van der Waals surface area (Å²) in [5.74, 6) is -0.0164. The molecule has 0 unspecified atom stereocenters. The lowest BCUT2D eigenvalue weighted by Gasteiger charge is -2.27. The molecule has 98 valence electrons. The molecule has 3 rings (SSSR count). The minimum Gasteiger partial charge on any atom is -0.335 e. The van der Waals surface area contributed by atoms with Crippen LogP contribution in [0, 0.1) is 6.92 Å². The van der Waals surface area contributed by atoms with Crippen LogP contribution in [0.2, 0.25) is 0 Å². The molecule has 1 amide bonds. The lowest BCUT2D eigenvalue weighted by Crippen LogP contribution is -2.46. The molecule has 2 aromatic rings. The van der Waals surface area contributed by atoms with Gasteiger partial charge in [0.05, 0.1) is 16.7 Å². The van der Waals surface area contributed by atoms with Crippen molar-refractivity contribution >= 4 is 16.9 Å². The number of fused-ring (bicyclic) bond motifs is 1. The summed E-state index contributed by atoms with van der Waals surface area (Å²) in [6, 6.07) is 7.63. The molecule has 5 nitrogen and oxygen atoms in total. The van der Waals surface area contributed by atoms with E-state index < -0.39 is 0 Å². The van der Waals surface area contributed by atoms with Crippen LogP contribution in [0.4, 0.5) is 0 Å². The Bertz CT molecular complexity index is 620. The molecule has 0 aliphatic carbocycles. The summed E-state index contributed by atoms with van der Waals surface area (Å²) in [4.78, 5) is 23.2. The molecule has 0 saturated carbocycles. The van der Waals surface area contributed by atoms with Crippen molar-refractivity contribution in [1.82, 2.24) is 20.2 Å². The van der Waals surface area contributed by atoms with Gasteiger partial charge in [-0.05, 0) is 19.1 Å². The standard InChI is InChI=1S/C14H16N4O/c1-10-13(14(19)18-8-6-15-7-9-18)17-12-5-3-2-4-11(12)16-10/h2-5,15H,6-9H2,1H3. The Labute approximate surface area is 111 Å². The summed E-state index contributed by atoms with van der Waals surface area (Å²) in [6.07, 6.45) is 0. The number of hydrogen-bond donors (Lipinski definition) is 1. The third-order valence-corrected chi connectivity index (χ3v) is 3.35. The molecule has 1 aliphatic heterocycles. The third kappa shape index (κ3) is 2.29. The van der Waals surface area contributed by atoms with Crippen LogP contribution in [-0.2, 0) is 0 Å². The zero-order valence-electron chi connectivity index (χ0n) is 10.9. The summed E-state index contributed by atoms with van der Waals surface area (Å²) in [6.45, 7) is 4.98. The number of rotatable bonds is 1. The van der Waals surface area contributed by atoms with Gasteiger partial charge in [0.15, 0.2) is 0 Å². The van der Waals surface area contributed by atoms with Crippen molar-refractivity contribution in [3.8, 4) is 0 Å². The maximum Gasteiger partial charge on any atom is 0.274 e. The van der Waals surface area contributed by atoms with Crippen LogP contribution in [0.3, 0.4) is 0 Å². The minimum atomic E-state index is -0.0164. The number of benzene rings is 1. The van der Waals surface area contributed by atoms with Gasteiger partial charge in [-0.2, -0.15) is 0 Å². The lowest BCUT2D eigenvalue weighted by molar-refractivity contribution is 0.0729. The second-order valence-corrected chi connectivity index (χ2v) is 4.69. The van der Waals surface area contributed by atoms with Crippen LogP contribution in [0.5, 0.6) is 0 Å². The summed E-state index contributed by atoms with van der Waals surface area (Å²) in [5, 5.41) is 3.24. The number of piperazine rings is 1. The second kappa shape index (κ2) is 4.93. The van der Waals surface area contributed by atoms with Gasteiger partial charge in [0.25, 0.3) is 5.91 Å². The quantitative estimate of drug-likeness (QED) is 0.826. The Balaban J connectivity index is 1.99. The fraction of sp³-hybridized carbons (Fsp3) is 0.357. The number of nitrogens with zero attached hydrogens (tertiary/aromatic N) is 3. The molecule has 1 aromatic carbocycles. The van der Waals surface area contributed by atoms with E-state index in [-0.39, 0.29) is 5.91 Å². The number of amides is 1. The largest absolute Gasteiger partial charge is 0.335 e. The van der Waals surface area contributed by atoms with Gasteiger partial charge >= 0.3 is 0 Å². The maximum atomic E-state index is 12.5. The predicted octanol–water partition coefficient (Wildman–Crippen LogP) is 0.984. The fourth-order valence-corrected chi connectivity index (χ4v) is 2.31. The van der Waals surface area contributed by atoms with Gasteiger partial charge in [-0.1, -0.05) is 12.1 Å². The number of para-hydroxylation sites is 2. The van der Waals surface area contributed by atoms with Gasteiger partial charge in [-0.3, -0.25) is 4.79 Å². The average Bonchev–Trinajstić information content (AvgIpc) is 2.47. The van der Waals surface area contributed by atoms with Crippen molar-refractivity contribution in [1.29, 1.82) is 0 Å². The van der Waals surface area contributed by atoms with Crippen LogP contribution in [0.1, 0.15) is 16.2 Å². The number of carbonyl (C=O) groups excluding carboxylic acids is 1. The van der Waals surface area contributed by atoms with Gasteiger partial charge in [0.1, 0.15) is 5.69 Å². The first-order valence-corrected chi connectivity index (χ1v) is 6.49. The number of nitrogens with one attached hydrogen (secondary N) is 1. The highest BCUT2D eigenvalue weighted by Gasteiger charge is 2.21. The first-order valence-electron chi connectivity index (χ1n) is 6.49. The first-order chi connectivity index (χ1) is 9.25. The van der Waals surface area contributed by atoms with E-state index in [0.29, 0.717) is 11.4 Å². The maximum absolute atomic E-state index is 12.5. The third-order valence-electron chi connectivity index (χ3n) is 3.35. The average molecular weight is 256 g/mol. The van der Waals surface area contributed by atoms with Gasteiger partial charge in [-0.25, -0.2) is 9.97 Å². The Morgan fingerprint density at radius 2 is 1.79 bits per heavy atom. The number of hydrogen-bond acceptors (Lipinski definition) is 4. The predicted molar refractivity (Wildman–Crippen MR) is 73.0 cm³/mol. The van der Waals surface area contributed by atoms with E-state index in [1.54, 1.807) is 0 Å². The molecule has 1 fully saturated rings. The van der Waals surface area contributed by atoms with Gasteiger partial charge < -0.3 is 10.2 Å². The van der Waals surface area contributed by atoms with Crippen molar-refractivity contribution < 1.29 is 4.79 Å². The smallest absolute Gasteiger partial charge is 0.274 e. The van der Waals surface area contributed by atoms with E-state index in [1.807, 2.05) is 36.1 Å². The van der Waals surface area contributed by atoms with Crippen LogP contribution >= 0.6 is 0 Å². The Kier molecular flexibility index (Phi) is 3.13. The van der Waals surface area contributed by atoms with Crippen LogP contribution in [0.25, 0.3) is 11.0 Å². The van der Waals surface area contributed by atoms with Crippen LogP contribution in [0.15, 0.2) is 24.3 Å².